The summed E-state index contributed by atoms with van der Waals surface area (Å²) in [6.45, 7) is 0.635. The van der Waals surface area contributed by atoms with Crippen molar-refractivity contribution >= 4 is 31.7 Å². The number of nitrogens with zero attached hydrogens (tertiary/aromatic N) is 1. The average Bonchev–Trinajstić information content (AvgIpc) is 2.27. The van der Waals surface area contributed by atoms with Crippen LogP contribution < -0.4 is 0 Å². The fraction of sp³-hybridized carbons (Fsp3) is 0.417. The van der Waals surface area contributed by atoms with E-state index in [1.807, 2.05) is 19.0 Å². The number of aromatic carboxylic acids is 1. The standard InChI is InChI=1S/C12H16BrNO4S/c1-14(2)6-3-7-19(17,18)11-8-9(13)4-5-10(11)12(15)16/h4-5,8H,3,6-7H2,1-2H3,(H,15,16). The van der Waals surface area contributed by atoms with Crippen LogP contribution in [0.15, 0.2) is 27.6 Å². The summed E-state index contributed by atoms with van der Waals surface area (Å²) in [5.74, 6) is -1.30. The molecule has 1 rings (SSSR count). The van der Waals surface area contributed by atoms with Gasteiger partial charge in [0.05, 0.1) is 16.2 Å². The molecule has 0 saturated heterocycles. The Labute approximate surface area is 121 Å². The van der Waals surface area contributed by atoms with E-state index in [0.717, 1.165) is 0 Å². The molecule has 0 bridgehead atoms. The van der Waals surface area contributed by atoms with Crippen molar-refractivity contribution in [3.8, 4) is 0 Å². The van der Waals surface area contributed by atoms with E-state index < -0.39 is 15.8 Å². The second kappa shape index (κ2) is 6.49. The average molecular weight is 350 g/mol. The molecule has 106 valence electrons. The van der Waals surface area contributed by atoms with E-state index in [1.165, 1.54) is 18.2 Å². The molecule has 0 aliphatic heterocycles. The van der Waals surface area contributed by atoms with Crippen molar-refractivity contribution in [2.24, 2.45) is 0 Å². The van der Waals surface area contributed by atoms with Gasteiger partial charge in [0.2, 0.25) is 0 Å². The predicted octanol–water partition coefficient (Wildman–Crippen LogP) is 1.87. The molecule has 7 heteroatoms. The lowest BCUT2D eigenvalue weighted by Gasteiger charge is -2.11. The predicted molar refractivity (Wildman–Crippen MR) is 76.3 cm³/mol. The van der Waals surface area contributed by atoms with Gasteiger partial charge in [-0.05, 0) is 45.3 Å². The zero-order valence-electron chi connectivity index (χ0n) is 10.8. The van der Waals surface area contributed by atoms with E-state index >= 15 is 0 Å². The lowest BCUT2D eigenvalue weighted by Crippen LogP contribution is -2.18. The van der Waals surface area contributed by atoms with Crippen LogP contribution in [-0.2, 0) is 9.84 Å². The molecule has 0 unspecified atom stereocenters. The van der Waals surface area contributed by atoms with Crippen molar-refractivity contribution in [2.75, 3.05) is 26.4 Å². The highest BCUT2D eigenvalue weighted by atomic mass is 79.9. The number of hydrogen-bond acceptors (Lipinski definition) is 4. The van der Waals surface area contributed by atoms with Gasteiger partial charge < -0.3 is 10.0 Å². The number of carboxylic acid groups (broad SMARTS) is 1. The van der Waals surface area contributed by atoms with Crippen molar-refractivity contribution in [1.29, 1.82) is 0 Å². The van der Waals surface area contributed by atoms with Gasteiger partial charge in [-0.15, -0.1) is 0 Å². The van der Waals surface area contributed by atoms with Gasteiger partial charge in [0.15, 0.2) is 9.84 Å². The first-order valence-corrected chi connectivity index (χ1v) is 8.09. The molecule has 0 amide bonds. The number of rotatable bonds is 6. The maximum Gasteiger partial charge on any atom is 0.337 e. The van der Waals surface area contributed by atoms with Crippen LogP contribution in [0.3, 0.4) is 0 Å². The van der Waals surface area contributed by atoms with Crippen LogP contribution in [-0.4, -0.2) is 50.8 Å². The first-order chi connectivity index (χ1) is 8.74. The van der Waals surface area contributed by atoms with Crippen LogP contribution in [0.4, 0.5) is 0 Å². The first kappa shape index (κ1) is 16.1. The van der Waals surface area contributed by atoms with Gasteiger partial charge >= 0.3 is 5.97 Å². The maximum atomic E-state index is 12.2. The molecule has 0 heterocycles. The second-order valence-electron chi connectivity index (χ2n) is 4.42. The number of benzene rings is 1. The van der Waals surface area contributed by atoms with Crippen LogP contribution in [0.25, 0.3) is 0 Å². The number of carboxylic acids is 1. The molecule has 1 aromatic rings. The Morgan fingerprint density at radius 1 is 1.37 bits per heavy atom. The van der Waals surface area contributed by atoms with Gasteiger partial charge in [0.1, 0.15) is 0 Å². The molecule has 0 aliphatic carbocycles. The minimum Gasteiger partial charge on any atom is -0.478 e. The second-order valence-corrected chi connectivity index (χ2v) is 7.41. The summed E-state index contributed by atoms with van der Waals surface area (Å²) in [4.78, 5) is 12.8. The summed E-state index contributed by atoms with van der Waals surface area (Å²) < 4.78 is 24.9. The molecule has 0 saturated carbocycles. The minimum absolute atomic E-state index is 0.0675. The van der Waals surface area contributed by atoms with Crippen molar-refractivity contribution in [2.45, 2.75) is 11.3 Å². The smallest absolute Gasteiger partial charge is 0.337 e. The molecule has 19 heavy (non-hydrogen) atoms. The maximum absolute atomic E-state index is 12.2. The van der Waals surface area contributed by atoms with Gasteiger partial charge in [-0.25, -0.2) is 13.2 Å². The van der Waals surface area contributed by atoms with E-state index in [4.69, 9.17) is 5.11 Å². The third-order valence-electron chi connectivity index (χ3n) is 2.53. The van der Waals surface area contributed by atoms with Crippen LogP contribution >= 0.6 is 15.9 Å². The van der Waals surface area contributed by atoms with Gasteiger partial charge in [0.25, 0.3) is 0 Å². The Morgan fingerprint density at radius 3 is 2.53 bits per heavy atom. The van der Waals surface area contributed by atoms with Gasteiger partial charge in [0, 0.05) is 4.47 Å². The van der Waals surface area contributed by atoms with Gasteiger partial charge in [-0.3, -0.25) is 0 Å². The molecule has 1 N–H and O–H groups in total. The summed E-state index contributed by atoms with van der Waals surface area (Å²) >= 11 is 3.16. The lowest BCUT2D eigenvalue weighted by atomic mass is 10.2. The molecule has 0 aromatic heterocycles. The third-order valence-corrected chi connectivity index (χ3v) is 4.85. The molecule has 0 atom stereocenters. The Bertz CT molecular complexity index is 569. The zero-order chi connectivity index (χ0) is 14.6. The van der Waals surface area contributed by atoms with Crippen LogP contribution in [0, 0.1) is 0 Å². The van der Waals surface area contributed by atoms with Crippen LogP contribution in [0.5, 0.6) is 0 Å². The monoisotopic (exact) mass is 349 g/mol. The molecule has 1 aromatic carbocycles. The summed E-state index contributed by atoms with van der Waals surface area (Å²) in [7, 11) is 0.119. The largest absolute Gasteiger partial charge is 0.478 e. The molecule has 0 spiro atoms. The summed E-state index contributed by atoms with van der Waals surface area (Å²) in [6.07, 6.45) is 0.459. The fourth-order valence-corrected chi connectivity index (χ4v) is 3.65. The van der Waals surface area contributed by atoms with Gasteiger partial charge in [-0.1, -0.05) is 15.9 Å². The SMILES string of the molecule is CN(C)CCCS(=O)(=O)c1cc(Br)ccc1C(=O)O. The van der Waals surface area contributed by atoms with Crippen molar-refractivity contribution in [3.05, 3.63) is 28.2 Å². The molecule has 0 radical (unpaired) electrons. The number of sulfone groups is 1. The van der Waals surface area contributed by atoms with E-state index in [0.29, 0.717) is 17.4 Å². The highest BCUT2D eigenvalue weighted by Crippen LogP contribution is 2.23. The Balaban J connectivity index is 3.06. The van der Waals surface area contributed by atoms with Crippen molar-refractivity contribution in [3.63, 3.8) is 0 Å². The normalized spacial score (nSPS) is 11.8. The topological polar surface area (TPSA) is 74.7 Å². The fourth-order valence-electron chi connectivity index (χ4n) is 1.61. The highest BCUT2D eigenvalue weighted by Gasteiger charge is 2.22. The summed E-state index contributed by atoms with van der Waals surface area (Å²) in [5, 5.41) is 9.05. The van der Waals surface area contributed by atoms with Crippen LogP contribution in [0.1, 0.15) is 16.8 Å². The van der Waals surface area contributed by atoms with E-state index in [2.05, 4.69) is 15.9 Å². The molecule has 5 nitrogen and oxygen atoms in total. The third kappa shape index (κ3) is 4.59. The quantitative estimate of drug-likeness (QED) is 0.848. The minimum atomic E-state index is -3.59. The lowest BCUT2D eigenvalue weighted by molar-refractivity contribution is 0.0692. The number of hydrogen-bond donors (Lipinski definition) is 1. The molecular formula is C12H16BrNO4S. The first-order valence-electron chi connectivity index (χ1n) is 5.64. The Hall–Kier alpha value is -0.920. The number of halogens is 1. The van der Waals surface area contributed by atoms with E-state index in [9.17, 15) is 13.2 Å². The number of carbonyl (C=O) groups is 1. The Kier molecular flexibility index (Phi) is 5.51. The zero-order valence-corrected chi connectivity index (χ0v) is 13.2. The van der Waals surface area contributed by atoms with Crippen molar-refractivity contribution in [1.82, 2.24) is 4.90 Å². The van der Waals surface area contributed by atoms with Crippen molar-refractivity contribution < 1.29 is 18.3 Å². The molecule has 0 aliphatic rings. The van der Waals surface area contributed by atoms with E-state index in [1.54, 1.807) is 0 Å². The summed E-state index contributed by atoms with van der Waals surface area (Å²) in [5.41, 5.74) is -0.187. The molecular weight excluding hydrogens is 334 g/mol. The van der Waals surface area contributed by atoms with Crippen LogP contribution in [0.2, 0.25) is 0 Å². The summed E-state index contributed by atoms with van der Waals surface area (Å²) in [6, 6.07) is 4.15. The highest BCUT2D eigenvalue weighted by molar-refractivity contribution is 9.10. The van der Waals surface area contributed by atoms with Gasteiger partial charge in [-0.2, -0.15) is 0 Å². The van der Waals surface area contributed by atoms with E-state index in [-0.39, 0.29) is 16.2 Å². The Morgan fingerprint density at radius 2 is 2.00 bits per heavy atom. The molecule has 0 fully saturated rings.